The summed E-state index contributed by atoms with van der Waals surface area (Å²) >= 11 is -0.106. The van der Waals surface area contributed by atoms with Crippen LogP contribution in [-0.2, 0) is 6.18 Å². The minimum absolute atomic E-state index is 0.106. The highest BCUT2D eigenvalue weighted by Gasteiger charge is 2.41. The molecule has 15 heavy (non-hydrogen) atoms. The van der Waals surface area contributed by atoms with E-state index in [1.54, 1.807) is 0 Å². The van der Waals surface area contributed by atoms with E-state index in [1.165, 1.54) is 0 Å². The Labute approximate surface area is 83.7 Å². The van der Waals surface area contributed by atoms with Gasteiger partial charge in [0.15, 0.2) is 5.01 Å². The molecule has 0 bridgehead atoms. The van der Waals surface area contributed by atoms with Gasteiger partial charge in [0.2, 0.25) is 0 Å². The molecule has 0 fully saturated rings. The van der Waals surface area contributed by atoms with Crippen LogP contribution in [0.15, 0.2) is 6.20 Å². The molecule has 0 saturated carbocycles. The molecule has 86 valence electrons. The number of hydrogen-bond acceptors (Lipinski definition) is 3. The van der Waals surface area contributed by atoms with Gasteiger partial charge in [-0.1, -0.05) is 0 Å². The molecule has 2 N–H and O–H groups in total. The van der Waals surface area contributed by atoms with Gasteiger partial charge in [-0.25, -0.2) is 4.98 Å². The zero-order chi connectivity index (χ0) is 11.9. The van der Waals surface area contributed by atoms with Gasteiger partial charge >= 0.3 is 12.4 Å². The van der Waals surface area contributed by atoms with Crippen molar-refractivity contribution in [1.29, 1.82) is 0 Å². The first-order valence-electron chi connectivity index (χ1n) is 3.47. The maximum absolute atomic E-state index is 12.0. The molecule has 2 nitrogen and oxygen atoms in total. The van der Waals surface area contributed by atoms with Crippen molar-refractivity contribution in [2.24, 2.45) is 5.73 Å². The predicted molar refractivity (Wildman–Crippen MR) is 40.1 cm³/mol. The molecule has 0 aliphatic heterocycles. The summed E-state index contributed by atoms with van der Waals surface area (Å²) in [6, 6.07) is -2.42. The van der Waals surface area contributed by atoms with Crippen LogP contribution in [0.4, 0.5) is 26.3 Å². The maximum atomic E-state index is 12.0. The molecular weight excluding hydrogens is 246 g/mol. The van der Waals surface area contributed by atoms with Gasteiger partial charge in [0.05, 0.1) is 4.88 Å². The molecule has 1 rings (SSSR count). The van der Waals surface area contributed by atoms with Crippen molar-refractivity contribution < 1.29 is 26.3 Å². The van der Waals surface area contributed by atoms with E-state index in [0.29, 0.717) is 6.20 Å². The summed E-state index contributed by atoms with van der Waals surface area (Å²) in [7, 11) is 0. The van der Waals surface area contributed by atoms with Gasteiger partial charge in [-0.05, 0) is 0 Å². The molecule has 0 radical (unpaired) electrons. The van der Waals surface area contributed by atoms with E-state index >= 15 is 0 Å². The summed E-state index contributed by atoms with van der Waals surface area (Å²) in [6.07, 6.45) is -9.02. The lowest BCUT2D eigenvalue weighted by atomic mass is 10.3. The number of halogens is 6. The Hall–Kier alpha value is -0.830. The summed E-state index contributed by atoms with van der Waals surface area (Å²) in [5, 5.41) is -1.34. The Morgan fingerprint density at radius 1 is 1.20 bits per heavy atom. The molecule has 1 heterocycles. The molecule has 1 aromatic rings. The first kappa shape index (κ1) is 12.2. The quantitative estimate of drug-likeness (QED) is 0.778. The predicted octanol–water partition coefficient (Wildman–Crippen LogP) is 2.72. The third-order valence-electron chi connectivity index (χ3n) is 1.43. The van der Waals surface area contributed by atoms with Crippen LogP contribution >= 0.6 is 11.3 Å². The second-order valence-corrected chi connectivity index (χ2v) is 3.65. The monoisotopic (exact) mass is 250 g/mol. The Morgan fingerprint density at radius 2 is 1.73 bits per heavy atom. The van der Waals surface area contributed by atoms with Gasteiger partial charge in [0, 0.05) is 6.20 Å². The second kappa shape index (κ2) is 3.63. The van der Waals surface area contributed by atoms with Gasteiger partial charge in [-0.3, -0.25) is 0 Å². The molecule has 1 aromatic heterocycles. The third-order valence-corrected chi connectivity index (χ3v) is 2.55. The van der Waals surface area contributed by atoms with E-state index in [9.17, 15) is 26.3 Å². The highest BCUT2D eigenvalue weighted by atomic mass is 32.1. The van der Waals surface area contributed by atoms with Crippen LogP contribution in [0.3, 0.4) is 0 Å². The number of nitrogens with zero attached hydrogens (tertiary/aromatic N) is 1. The Morgan fingerprint density at radius 3 is 2.07 bits per heavy atom. The SMILES string of the molecule is NC(c1cnc(C(F)(F)F)s1)C(F)(F)F. The number of alkyl halides is 6. The van der Waals surface area contributed by atoms with Gasteiger partial charge in [0.1, 0.15) is 6.04 Å². The molecule has 1 atom stereocenters. The average molecular weight is 250 g/mol. The van der Waals surface area contributed by atoms with Gasteiger partial charge in [-0.2, -0.15) is 26.3 Å². The van der Waals surface area contributed by atoms with Crippen LogP contribution < -0.4 is 5.73 Å². The van der Waals surface area contributed by atoms with Crippen molar-refractivity contribution in [2.75, 3.05) is 0 Å². The van der Waals surface area contributed by atoms with Crippen molar-refractivity contribution in [3.8, 4) is 0 Å². The minimum Gasteiger partial charge on any atom is -0.316 e. The first-order chi connectivity index (χ1) is 6.62. The molecule has 9 heteroatoms. The molecule has 0 aromatic carbocycles. The Balaban J connectivity index is 2.95. The van der Waals surface area contributed by atoms with Crippen molar-refractivity contribution in [2.45, 2.75) is 18.4 Å². The fourth-order valence-electron chi connectivity index (χ4n) is 0.723. The van der Waals surface area contributed by atoms with Crippen LogP contribution in [0.25, 0.3) is 0 Å². The lowest BCUT2D eigenvalue weighted by Gasteiger charge is -2.12. The average Bonchev–Trinajstić information content (AvgIpc) is 2.47. The second-order valence-electron chi connectivity index (χ2n) is 2.58. The lowest BCUT2D eigenvalue weighted by molar-refractivity contribution is -0.148. The zero-order valence-corrected chi connectivity index (χ0v) is 7.67. The van der Waals surface area contributed by atoms with Crippen molar-refractivity contribution >= 4 is 11.3 Å². The number of nitrogens with two attached hydrogens (primary N) is 1. The molecule has 0 amide bonds. The summed E-state index contributed by atoms with van der Waals surface area (Å²) in [5.41, 5.74) is 4.71. The van der Waals surface area contributed by atoms with E-state index in [0.717, 1.165) is 0 Å². The summed E-state index contributed by atoms with van der Waals surface area (Å²) in [5.74, 6) is 0. The minimum atomic E-state index is -4.77. The highest BCUT2D eigenvalue weighted by Crippen LogP contribution is 2.38. The van der Waals surface area contributed by atoms with Crippen molar-refractivity contribution in [1.82, 2.24) is 4.98 Å². The smallest absolute Gasteiger partial charge is 0.316 e. The van der Waals surface area contributed by atoms with Crippen LogP contribution in [0.5, 0.6) is 0 Å². The lowest BCUT2D eigenvalue weighted by Crippen LogP contribution is -2.27. The molecule has 0 aliphatic carbocycles. The van der Waals surface area contributed by atoms with Gasteiger partial charge in [-0.15, -0.1) is 11.3 Å². The number of rotatable bonds is 1. The Kier molecular flexibility index (Phi) is 2.97. The van der Waals surface area contributed by atoms with Crippen LogP contribution in [0.2, 0.25) is 0 Å². The first-order valence-corrected chi connectivity index (χ1v) is 4.29. The van der Waals surface area contributed by atoms with E-state index < -0.39 is 28.3 Å². The highest BCUT2D eigenvalue weighted by molar-refractivity contribution is 7.11. The maximum Gasteiger partial charge on any atom is 0.443 e. The summed E-state index contributed by atoms with van der Waals surface area (Å²) < 4.78 is 72.0. The fraction of sp³-hybridized carbons (Fsp3) is 0.500. The van der Waals surface area contributed by atoms with Crippen LogP contribution in [-0.4, -0.2) is 11.2 Å². The van der Waals surface area contributed by atoms with Crippen LogP contribution in [0.1, 0.15) is 15.9 Å². The number of hydrogen-bond donors (Lipinski definition) is 1. The molecule has 0 saturated heterocycles. The largest absolute Gasteiger partial charge is 0.443 e. The fourth-order valence-corrected chi connectivity index (χ4v) is 1.53. The molecule has 0 aliphatic rings. The number of aromatic nitrogens is 1. The summed E-state index contributed by atoms with van der Waals surface area (Å²) in [4.78, 5) is 2.18. The van der Waals surface area contributed by atoms with Crippen molar-refractivity contribution in [3.63, 3.8) is 0 Å². The van der Waals surface area contributed by atoms with Gasteiger partial charge < -0.3 is 5.73 Å². The normalized spacial score (nSPS) is 15.4. The topological polar surface area (TPSA) is 38.9 Å². The summed E-state index contributed by atoms with van der Waals surface area (Å²) in [6.45, 7) is 0. The molecule has 0 spiro atoms. The Bertz CT molecular complexity index is 340. The standard InChI is InChI=1S/C6H4F6N2S/c7-5(8,9)3(13)2-1-14-4(15-2)6(10,11)12/h1,3H,13H2. The van der Waals surface area contributed by atoms with Crippen LogP contribution in [0, 0.1) is 0 Å². The van der Waals surface area contributed by atoms with E-state index in [2.05, 4.69) is 4.98 Å². The third kappa shape index (κ3) is 2.81. The number of thiazole rings is 1. The van der Waals surface area contributed by atoms with Gasteiger partial charge in [0.25, 0.3) is 0 Å². The van der Waals surface area contributed by atoms with E-state index in [-0.39, 0.29) is 11.3 Å². The molecular formula is C6H4F6N2S. The van der Waals surface area contributed by atoms with E-state index in [1.807, 2.05) is 0 Å². The van der Waals surface area contributed by atoms with E-state index in [4.69, 9.17) is 5.73 Å². The van der Waals surface area contributed by atoms with Crippen molar-refractivity contribution in [3.05, 3.63) is 16.1 Å². The zero-order valence-electron chi connectivity index (χ0n) is 6.86. The molecule has 1 unspecified atom stereocenters.